The maximum atomic E-state index is 13.0. The number of ether oxygens (including phenoxy) is 2. The van der Waals surface area contributed by atoms with Crippen molar-refractivity contribution < 1.29 is 19.1 Å². The minimum Gasteiger partial charge on any atom is -0.490 e. The van der Waals surface area contributed by atoms with Crippen LogP contribution in [0, 0.1) is 5.92 Å². The Hall–Kier alpha value is -2.12. The molecule has 2 saturated heterocycles. The summed E-state index contributed by atoms with van der Waals surface area (Å²) < 4.78 is 11.4. The molecule has 2 aliphatic carbocycles. The van der Waals surface area contributed by atoms with E-state index >= 15 is 0 Å². The van der Waals surface area contributed by atoms with Crippen LogP contribution in [0.2, 0.25) is 0 Å². The number of rotatable bonds is 5. The Morgan fingerprint density at radius 2 is 1.62 bits per heavy atom. The van der Waals surface area contributed by atoms with Crippen LogP contribution in [0.25, 0.3) is 0 Å². The van der Waals surface area contributed by atoms with Crippen LogP contribution in [0.4, 0.5) is 5.69 Å². The average molecular weight is 442 g/mol. The predicted octanol–water partition coefficient (Wildman–Crippen LogP) is 2.68. The second-order valence-electron chi connectivity index (χ2n) is 9.63. The molecule has 32 heavy (non-hydrogen) atoms. The highest BCUT2D eigenvalue weighted by Crippen LogP contribution is 2.31. The lowest BCUT2D eigenvalue weighted by molar-refractivity contribution is -0.139. The fraction of sp³-hybridized carbons (Fsp3) is 0.680. The van der Waals surface area contributed by atoms with Crippen molar-refractivity contribution in [2.75, 3.05) is 50.8 Å². The predicted molar refractivity (Wildman–Crippen MR) is 122 cm³/mol. The summed E-state index contributed by atoms with van der Waals surface area (Å²) in [6.45, 7) is 5.18. The third kappa shape index (κ3) is 4.79. The Labute approximate surface area is 190 Å². The lowest BCUT2D eigenvalue weighted by Crippen LogP contribution is -2.54. The first-order chi connectivity index (χ1) is 15.7. The summed E-state index contributed by atoms with van der Waals surface area (Å²) in [5, 5.41) is 0. The van der Waals surface area contributed by atoms with Gasteiger partial charge in [0, 0.05) is 50.4 Å². The lowest BCUT2D eigenvalue weighted by atomic mass is 9.86. The smallest absolute Gasteiger partial charge is 0.253 e. The number of carbonyl (C=O) groups is 2. The van der Waals surface area contributed by atoms with Crippen LogP contribution in [-0.2, 0) is 14.3 Å². The topological polar surface area (TPSA) is 62.3 Å². The van der Waals surface area contributed by atoms with Gasteiger partial charge in [-0.2, -0.15) is 0 Å². The molecule has 4 fully saturated rings. The average Bonchev–Trinajstić information content (AvgIpc) is 2.80. The number of carbonyl (C=O) groups excluding carboxylic acids is 2. The molecule has 2 aliphatic heterocycles. The molecule has 7 heteroatoms. The molecule has 2 heterocycles. The summed E-state index contributed by atoms with van der Waals surface area (Å²) in [7, 11) is 0. The zero-order valence-corrected chi connectivity index (χ0v) is 18.9. The Morgan fingerprint density at radius 3 is 2.25 bits per heavy atom. The summed E-state index contributed by atoms with van der Waals surface area (Å²) in [6, 6.07) is 8.55. The summed E-state index contributed by atoms with van der Waals surface area (Å²) >= 11 is 0. The van der Waals surface area contributed by atoms with Crippen LogP contribution in [0.1, 0.15) is 44.9 Å². The normalized spacial score (nSPS) is 27.8. The second kappa shape index (κ2) is 9.79. The van der Waals surface area contributed by atoms with Gasteiger partial charge < -0.3 is 19.3 Å². The number of morpholine rings is 1. The number of amides is 2. The molecule has 4 aliphatic rings. The maximum Gasteiger partial charge on any atom is 0.253 e. The van der Waals surface area contributed by atoms with Crippen molar-refractivity contribution >= 4 is 17.5 Å². The standard InChI is InChI=1S/C25H35N3O4/c29-24-18-31-17-16-28(24)21-6-10-23(11-7-21)32-22-8-4-19(5-9-22)25(30)27-14-12-26(13-15-27)20-2-1-3-20/h6-7,10-11,19-20,22H,1-5,8-9,12-18H2/t19-,22-. The van der Waals surface area contributed by atoms with Gasteiger partial charge in [0.15, 0.2) is 0 Å². The molecule has 0 atom stereocenters. The summed E-state index contributed by atoms with van der Waals surface area (Å²) in [4.78, 5) is 31.5. The Bertz CT molecular complexity index is 794. The van der Waals surface area contributed by atoms with Gasteiger partial charge in [-0.3, -0.25) is 14.5 Å². The highest BCUT2D eigenvalue weighted by Gasteiger charge is 2.34. The van der Waals surface area contributed by atoms with Crippen LogP contribution in [0.15, 0.2) is 24.3 Å². The van der Waals surface area contributed by atoms with E-state index in [0.717, 1.165) is 69.3 Å². The zero-order valence-electron chi connectivity index (χ0n) is 18.9. The quantitative estimate of drug-likeness (QED) is 0.703. The number of hydrogen-bond acceptors (Lipinski definition) is 5. The maximum absolute atomic E-state index is 13.0. The number of benzene rings is 1. The first kappa shape index (κ1) is 21.7. The Morgan fingerprint density at radius 1 is 0.906 bits per heavy atom. The van der Waals surface area contributed by atoms with E-state index in [1.165, 1.54) is 19.3 Å². The van der Waals surface area contributed by atoms with Gasteiger partial charge in [-0.1, -0.05) is 6.42 Å². The van der Waals surface area contributed by atoms with Gasteiger partial charge >= 0.3 is 0 Å². The number of anilines is 1. The van der Waals surface area contributed by atoms with Gasteiger partial charge in [0.25, 0.3) is 5.91 Å². The van der Waals surface area contributed by atoms with Crippen molar-refractivity contribution in [1.29, 1.82) is 0 Å². The third-order valence-electron chi connectivity index (χ3n) is 7.68. The zero-order chi connectivity index (χ0) is 21.9. The molecule has 1 aromatic carbocycles. The molecule has 7 nitrogen and oxygen atoms in total. The lowest BCUT2D eigenvalue weighted by Gasteiger charge is -2.43. The highest BCUT2D eigenvalue weighted by molar-refractivity contribution is 5.94. The number of nitrogens with zero attached hydrogens (tertiary/aromatic N) is 3. The first-order valence-electron chi connectivity index (χ1n) is 12.3. The summed E-state index contributed by atoms with van der Waals surface area (Å²) in [5.41, 5.74) is 0.886. The van der Waals surface area contributed by atoms with Crippen molar-refractivity contribution in [2.24, 2.45) is 5.92 Å². The van der Waals surface area contributed by atoms with E-state index in [2.05, 4.69) is 9.80 Å². The molecule has 174 valence electrons. The van der Waals surface area contributed by atoms with Crippen LogP contribution >= 0.6 is 0 Å². The fourth-order valence-electron chi connectivity index (χ4n) is 5.43. The van der Waals surface area contributed by atoms with E-state index in [9.17, 15) is 9.59 Å². The summed E-state index contributed by atoms with van der Waals surface area (Å²) in [6.07, 6.45) is 7.86. The van der Waals surface area contributed by atoms with Crippen molar-refractivity contribution in [2.45, 2.75) is 57.1 Å². The van der Waals surface area contributed by atoms with Gasteiger partial charge in [0.05, 0.1) is 12.7 Å². The van der Waals surface area contributed by atoms with E-state index in [1.807, 2.05) is 24.3 Å². The van der Waals surface area contributed by atoms with Crippen LogP contribution in [0.3, 0.4) is 0 Å². The Balaban J connectivity index is 1.06. The molecule has 1 aromatic rings. The van der Waals surface area contributed by atoms with Crippen molar-refractivity contribution in [3.05, 3.63) is 24.3 Å². The molecule has 0 aromatic heterocycles. The van der Waals surface area contributed by atoms with Crippen molar-refractivity contribution in [3.63, 3.8) is 0 Å². The molecule has 2 amide bonds. The van der Waals surface area contributed by atoms with E-state index in [4.69, 9.17) is 9.47 Å². The van der Waals surface area contributed by atoms with E-state index in [-0.39, 0.29) is 24.5 Å². The largest absolute Gasteiger partial charge is 0.490 e. The first-order valence-corrected chi connectivity index (χ1v) is 12.3. The fourth-order valence-corrected chi connectivity index (χ4v) is 5.43. The van der Waals surface area contributed by atoms with Gasteiger partial charge in [0.1, 0.15) is 12.4 Å². The molecule has 5 rings (SSSR count). The number of hydrogen-bond donors (Lipinski definition) is 0. The van der Waals surface area contributed by atoms with Crippen molar-refractivity contribution in [1.82, 2.24) is 9.80 Å². The van der Waals surface area contributed by atoms with Gasteiger partial charge in [-0.05, 0) is 62.8 Å². The van der Waals surface area contributed by atoms with E-state index < -0.39 is 0 Å². The highest BCUT2D eigenvalue weighted by atomic mass is 16.5. The molecular formula is C25H35N3O4. The Kier molecular flexibility index (Phi) is 6.64. The number of piperazine rings is 1. The van der Waals surface area contributed by atoms with Gasteiger partial charge in [0.2, 0.25) is 5.91 Å². The van der Waals surface area contributed by atoms with Crippen LogP contribution in [0.5, 0.6) is 5.75 Å². The minimum atomic E-state index is -0.00245. The molecular weight excluding hydrogens is 406 g/mol. The second-order valence-corrected chi connectivity index (χ2v) is 9.63. The molecule has 2 saturated carbocycles. The van der Waals surface area contributed by atoms with Gasteiger partial charge in [-0.15, -0.1) is 0 Å². The minimum absolute atomic E-state index is 0.00245. The van der Waals surface area contributed by atoms with Gasteiger partial charge in [-0.25, -0.2) is 0 Å². The summed E-state index contributed by atoms with van der Waals surface area (Å²) in [5.74, 6) is 1.34. The van der Waals surface area contributed by atoms with E-state index in [1.54, 1.807) is 4.90 Å². The van der Waals surface area contributed by atoms with E-state index in [0.29, 0.717) is 19.1 Å². The molecule has 0 unspecified atom stereocenters. The molecule has 0 N–H and O–H groups in total. The molecule has 0 spiro atoms. The third-order valence-corrected chi connectivity index (χ3v) is 7.68. The van der Waals surface area contributed by atoms with Crippen LogP contribution in [-0.4, -0.2) is 79.7 Å². The SMILES string of the molecule is O=C1COCCN1c1ccc(O[C@H]2CC[C@H](C(=O)N3CCN(C4CCC4)CC3)CC2)cc1. The molecule has 0 bridgehead atoms. The molecule has 0 radical (unpaired) electrons. The van der Waals surface area contributed by atoms with Crippen LogP contribution < -0.4 is 9.64 Å². The van der Waals surface area contributed by atoms with Crippen molar-refractivity contribution in [3.8, 4) is 5.75 Å². The monoisotopic (exact) mass is 441 g/mol.